The van der Waals surface area contributed by atoms with Crippen molar-refractivity contribution in [2.75, 3.05) is 29.0 Å². The molecule has 0 spiro atoms. The topological polar surface area (TPSA) is 80.0 Å². The van der Waals surface area contributed by atoms with Crippen LogP contribution in [0.3, 0.4) is 0 Å². The highest BCUT2D eigenvalue weighted by Gasteiger charge is 2.38. The molecule has 110 valence electrons. The van der Waals surface area contributed by atoms with E-state index in [0.717, 1.165) is 13.1 Å². The third-order valence-corrected chi connectivity index (χ3v) is 4.31. The number of rotatable bonds is 4. The van der Waals surface area contributed by atoms with E-state index >= 15 is 0 Å². The van der Waals surface area contributed by atoms with Crippen LogP contribution in [-0.2, 0) is 0 Å². The zero-order valence-corrected chi connectivity index (χ0v) is 12.4. The van der Waals surface area contributed by atoms with Crippen molar-refractivity contribution in [2.45, 2.75) is 51.5 Å². The molecule has 0 bridgehead atoms. The van der Waals surface area contributed by atoms with Crippen LogP contribution in [0, 0.1) is 5.92 Å². The Balaban J connectivity index is 1.78. The largest absolute Gasteiger partial charge is 0.368 e. The standard InChI is InChI=1S/C14H24N6/c1-14(2,10-6-7-10)19-12-16-11(15)17-13(18-12)20-8-4-3-5-9-20/h10H,3-9H2,1-2H3,(H3,15,16,17,18,19). The van der Waals surface area contributed by atoms with E-state index in [1.807, 2.05) is 0 Å². The number of piperidine rings is 1. The van der Waals surface area contributed by atoms with Crippen LogP contribution in [-0.4, -0.2) is 33.6 Å². The van der Waals surface area contributed by atoms with Crippen molar-refractivity contribution in [1.82, 2.24) is 15.0 Å². The van der Waals surface area contributed by atoms with Gasteiger partial charge in [0.25, 0.3) is 0 Å². The van der Waals surface area contributed by atoms with Gasteiger partial charge in [-0.1, -0.05) is 0 Å². The van der Waals surface area contributed by atoms with E-state index < -0.39 is 0 Å². The fourth-order valence-corrected chi connectivity index (χ4v) is 2.87. The van der Waals surface area contributed by atoms with Gasteiger partial charge in [0.05, 0.1) is 0 Å². The summed E-state index contributed by atoms with van der Waals surface area (Å²) < 4.78 is 0. The van der Waals surface area contributed by atoms with E-state index in [1.165, 1.54) is 32.1 Å². The molecule has 1 aromatic rings. The van der Waals surface area contributed by atoms with Gasteiger partial charge in [-0.3, -0.25) is 0 Å². The molecule has 2 aliphatic rings. The first-order valence-electron chi connectivity index (χ1n) is 7.59. The Labute approximate surface area is 120 Å². The van der Waals surface area contributed by atoms with E-state index in [1.54, 1.807) is 0 Å². The number of aromatic nitrogens is 3. The Morgan fingerprint density at radius 2 is 1.80 bits per heavy atom. The second kappa shape index (κ2) is 5.07. The van der Waals surface area contributed by atoms with Gasteiger partial charge >= 0.3 is 0 Å². The molecule has 2 fully saturated rings. The Morgan fingerprint density at radius 3 is 2.45 bits per heavy atom. The van der Waals surface area contributed by atoms with Crippen molar-refractivity contribution in [3.63, 3.8) is 0 Å². The Morgan fingerprint density at radius 1 is 1.10 bits per heavy atom. The quantitative estimate of drug-likeness (QED) is 0.876. The fourth-order valence-electron chi connectivity index (χ4n) is 2.87. The molecule has 1 aromatic heterocycles. The highest BCUT2D eigenvalue weighted by Crippen LogP contribution is 2.40. The molecule has 1 aliphatic carbocycles. The second-order valence-corrected chi connectivity index (χ2v) is 6.49. The number of hydrogen-bond acceptors (Lipinski definition) is 6. The van der Waals surface area contributed by atoms with Crippen molar-refractivity contribution in [3.8, 4) is 0 Å². The highest BCUT2D eigenvalue weighted by molar-refractivity contribution is 5.43. The molecule has 0 unspecified atom stereocenters. The Kier molecular flexibility index (Phi) is 3.40. The minimum Gasteiger partial charge on any atom is -0.368 e. The van der Waals surface area contributed by atoms with Gasteiger partial charge in [0, 0.05) is 18.6 Å². The maximum absolute atomic E-state index is 5.85. The second-order valence-electron chi connectivity index (χ2n) is 6.49. The number of nitrogens with two attached hydrogens (primary N) is 1. The van der Waals surface area contributed by atoms with E-state index in [-0.39, 0.29) is 5.54 Å². The molecule has 20 heavy (non-hydrogen) atoms. The molecule has 0 atom stereocenters. The van der Waals surface area contributed by atoms with E-state index in [4.69, 9.17) is 5.73 Å². The van der Waals surface area contributed by atoms with Gasteiger partial charge in [-0.25, -0.2) is 0 Å². The molecule has 0 radical (unpaired) electrons. The Hall–Kier alpha value is -1.59. The molecule has 1 saturated carbocycles. The monoisotopic (exact) mass is 276 g/mol. The van der Waals surface area contributed by atoms with Crippen LogP contribution in [0.25, 0.3) is 0 Å². The number of hydrogen-bond donors (Lipinski definition) is 2. The minimum absolute atomic E-state index is 0.0208. The van der Waals surface area contributed by atoms with Crippen LogP contribution in [0.4, 0.5) is 17.8 Å². The third-order valence-electron chi connectivity index (χ3n) is 4.31. The van der Waals surface area contributed by atoms with Crippen LogP contribution in [0.2, 0.25) is 0 Å². The first-order valence-corrected chi connectivity index (χ1v) is 7.59. The summed E-state index contributed by atoms with van der Waals surface area (Å²) in [5.74, 6) is 2.33. The van der Waals surface area contributed by atoms with Gasteiger partial charge in [-0.2, -0.15) is 15.0 Å². The van der Waals surface area contributed by atoms with Gasteiger partial charge in [0.1, 0.15) is 0 Å². The predicted octanol–water partition coefficient (Wildman–Crippen LogP) is 2.04. The number of anilines is 3. The van der Waals surface area contributed by atoms with Crippen LogP contribution >= 0.6 is 0 Å². The number of nitrogens with one attached hydrogen (secondary N) is 1. The average Bonchev–Trinajstić information content (AvgIpc) is 3.23. The molecule has 3 rings (SSSR count). The maximum Gasteiger partial charge on any atom is 0.231 e. The summed E-state index contributed by atoms with van der Waals surface area (Å²) in [5.41, 5.74) is 5.87. The Bertz CT molecular complexity index is 477. The van der Waals surface area contributed by atoms with Crippen molar-refractivity contribution < 1.29 is 0 Å². The van der Waals surface area contributed by atoms with Crippen molar-refractivity contribution in [1.29, 1.82) is 0 Å². The minimum atomic E-state index is 0.0208. The van der Waals surface area contributed by atoms with Crippen LogP contribution < -0.4 is 16.0 Å². The summed E-state index contributed by atoms with van der Waals surface area (Å²) in [6.07, 6.45) is 6.24. The molecule has 6 heteroatoms. The summed E-state index contributed by atoms with van der Waals surface area (Å²) >= 11 is 0. The number of nitrogen functional groups attached to an aromatic ring is 1. The third kappa shape index (κ3) is 2.94. The van der Waals surface area contributed by atoms with Crippen molar-refractivity contribution >= 4 is 17.8 Å². The molecule has 1 aliphatic heterocycles. The van der Waals surface area contributed by atoms with Crippen molar-refractivity contribution in [2.24, 2.45) is 5.92 Å². The van der Waals surface area contributed by atoms with E-state index in [9.17, 15) is 0 Å². The predicted molar refractivity (Wildman–Crippen MR) is 80.7 cm³/mol. The molecule has 3 N–H and O–H groups in total. The lowest BCUT2D eigenvalue weighted by Crippen LogP contribution is -2.35. The summed E-state index contributed by atoms with van der Waals surface area (Å²) in [6, 6.07) is 0. The van der Waals surface area contributed by atoms with Crippen LogP contribution in [0.5, 0.6) is 0 Å². The fraction of sp³-hybridized carbons (Fsp3) is 0.786. The smallest absolute Gasteiger partial charge is 0.231 e. The molecular weight excluding hydrogens is 252 g/mol. The van der Waals surface area contributed by atoms with Gasteiger partial charge in [0.2, 0.25) is 17.8 Å². The van der Waals surface area contributed by atoms with Crippen LogP contribution in [0.15, 0.2) is 0 Å². The lowest BCUT2D eigenvalue weighted by Gasteiger charge is -2.29. The van der Waals surface area contributed by atoms with Crippen molar-refractivity contribution in [3.05, 3.63) is 0 Å². The normalized spacial score (nSPS) is 20.0. The van der Waals surface area contributed by atoms with E-state index in [2.05, 4.69) is 39.0 Å². The summed E-state index contributed by atoms with van der Waals surface area (Å²) in [5, 5.41) is 3.43. The van der Waals surface area contributed by atoms with Gasteiger partial charge in [0.15, 0.2) is 0 Å². The molecule has 6 nitrogen and oxygen atoms in total. The summed E-state index contributed by atoms with van der Waals surface area (Å²) in [6.45, 7) is 6.42. The molecule has 0 aromatic carbocycles. The lowest BCUT2D eigenvalue weighted by molar-refractivity contribution is 0.489. The van der Waals surface area contributed by atoms with Gasteiger partial charge in [-0.15, -0.1) is 0 Å². The molecule has 2 heterocycles. The zero-order valence-electron chi connectivity index (χ0n) is 12.4. The summed E-state index contributed by atoms with van der Waals surface area (Å²) in [7, 11) is 0. The first kappa shape index (κ1) is 13.4. The first-order chi connectivity index (χ1) is 9.54. The molecular formula is C14H24N6. The molecule has 0 amide bonds. The lowest BCUT2D eigenvalue weighted by atomic mass is 9.99. The summed E-state index contributed by atoms with van der Waals surface area (Å²) in [4.78, 5) is 15.3. The van der Waals surface area contributed by atoms with Gasteiger partial charge in [-0.05, 0) is 51.9 Å². The molecule has 1 saturated heterocycles. The van der Waals surface area contributed by atoms with Crippen LogP contribution in [0.1, 0.15) is 46.0 Å². The zero-order chi connectivity index (χ0) is 14.2. The number of nitrogens with zero attached hydrogens (tertiary/aromatic N) is 4. The highest BCUT2D eigenvalue weighted by atomic mass is 15.3. The van der Waals surface area contributed by atoms with Gasteiger partial charge < -0.3 is 16.0 Å². The van der Waals surface area contributed by atoms with E-state index in [0.29, 0.717) is 23.8 Å². The SMILES string of the molecule is CC(C)(Nc1nc(N)nc(N2CCCCC2)n1)C1CC1. The average molecular weight is 276 g/mol. The maximum atomic E-state index is 5.85.